The van der Waals surface area contributed by atoms with E-state index in [1.54, 1.807) is 11.8 Å². The first kappa shape index (κ1) is 7.45. The summed E-state index contributed by atoms with van der Waals surface area (Å²) in [7, 11) is 0. The largest absolute Gasteiger partial charge is 0.298 e. The summed E-state index contributed by atoms with van der Waals surface area (Å²) in [5.41, 5.74) is 0. The van der Waals surface area contributed by atoms with Gasteiger partial charge in [0.25, 0.3) is 0 Å². The SMILES string of the molecule is N=C1CCCS1.P. The first-order valence-corrected chi connectivity index (χ1v) is 3.08. The van der Waals surface area contributed by atoms with Crippen LogP contribution in [0, 0.1) is 5.41 Å². The second kappa shape index (κ2) is 3.45. The van der Waals surface area contributed by atoms with Gasteiger partial charge < -0.3 is 0 Å². The van der Waals surface area contributed by atoms with Gasteiger partial charge in [0.1, 0.15) is 0 Å². The van der Waals surface area contributed by atoms with Crippen molar-refractivity contribution in [3.8, 4) is 0 Å². The first-order valence-electron chi connectivity index (χ1n) is 2.10. The van der Waals surface area contributed by atoms with E-state index in [-0.39, 0.29) is 9.90 Å². The van der Waals surface area contributed by atoms with E-state index in [4.69, 9.17) is 5.41 Å². The molecule has 0 aromatic carbocycles. The summed E-state index contributed by atoms with van der Waals surface area (Å²) in [6.45, 7) is 0. The summed E-state index contributed by atoms with van der Waals surface area (Å²) in [6, 6.07) is 0. The fraction of sp³-hybridized carbons (Fsp3) is 0.750. The third-order valence-corrected chi connectivity index (χ3v) is 1.87. The zero-order valence-corrected chi connectivity index (χ0v) is 6.47. The van der Waals surface area contributed by atoms with Crippen LogP contribution in [0.5, 0.6) is 0 Å². The molecule has 1 nitrogen and oxygen atoms in total. The van der Waals surface area contributed by atoms with Crippen LogP contribution in [0.15, 0.2) is 0 Å². The molecular weight excluding hydrogens is 125 g/mol. The Kier molecular flexibility index (Phi) is 3.67. The molecule has 0 radical (unpaired) electrons. The maximum absolute atomic E-state index is 7.01. The van der Waals surface area contributed by atoms with Gasteiger partial charge in [-0.05, 0) is 18.6 Å². The van der Waals surface area contributed by atoms with Crippen LogP contribution in [0.4, 0.5) is 0 Å². The van der Waals surface area contributed by atoms with E-state index < -0.39 is 0 Å². The van der Waals surface area contributed by atoms with Crippen molar-refractivity contribution in [3.63, 3.8) is 0 Å². The molecule has 0 amide bonds. The van der Waals surface area contributed by atoms with Crippen LogP contribution < -0.4 is 0 Å². The normalized spacial score (nSPS) is 19.1. The fourth-order valence-corrected chi connectivity index (χ4v) is 1.32. The highest BCUT2D eigenvalue weighted by Gasteiger charge is 2.04. The molecule has 0 bridgehead atoms. The Hall–Kier alpha value is 0.450. The van der Waals surface area contributed by atoms with Gasteiger partial charge in [-0.2, -0.15) is 9.90 Å². The van der Waals surface area contributed by atoms with Gasteiger partial charge in [-0.1, -0.05) is 0 Å². The number of hydrogen-bond acceptors (Lipinski definition) is 2. The first-order chi connectivity index (χ1) is 2.89. The van der Waals surface area contributed by atoms with Crippen LogP contribution in [0.3, 0.4) is 0 Å². The lowest BCUT2D eigenvalue weighted by atomic mass is 10.4. The van der Waals surface area contributed by atoms with Crippen LogP contribution in [-0.4, -0.2) is 10.8 Å². The Morgan fingerprint density at radius 1 is 1.57 bits per heavy atom. The monoisotopic (exact) mass is 135 g/mol. The molecule has 0 spiro atoms. The Balaban J connectivity index is 0.000000360. The predicted octanol–water partition coefficient (Wildman–Crippen LogP) is 1.55. The van der Waals surface area contributed by atoms with Crippen molar-refractivity contribution in [1.82, 2.24) is 0 Å². The molecule has 1 aliphatic rings. The third kappa shape index (κ3) is 2.30. The van der Waals surface area contributed by atoms with E-state index in [9.17, 15) is 0 Å². The van der Waals surface area contributed by atoms with Crippen molar-refractivity contribution >= 4 is 26.7 Å². The smallest absolute Gasteiger partial charge is 0.0641 e. The summed E-state index contributed by atoms with van der Waals surface area (Å²) < 4.78 is 0. The highest BCUT2D eigenvalue weighted by Crippen LogP contribution is 2.17. The van der Waals surface area contributed by atoms with Crippen molar-refractivity contribution in [2.45, 2.75) is 12.8 Å². The molecule has 1 aliphatic heterocycles. The van der Waals surface area contributed by atoms with E-state index in [2.05, 4.69) is 0 Å². The summed E-state index contributed by atoms with van der Waals surface area (Å²) >= 11 is 1.68. The minimum atomic E-state index is 0. The van der Waals surface area contributed by atoms with Gasteiger partial charge in [-0.25, -0.2) is 0 Å². The second-order valence-electron chi connectivity index (χ2n) is 1.38. The van der Waals surface area contributed by atoms with Crippen LogP contribution >= 0.6 is 21.7 Å². The molecule has 1 fully saturated rings. The molecule has 1 N–H and O–H groups in total. The molecular formula is C4H10NPS. The van der Waals surface area contributed by atoms with Crippen LogP contribution in [0.25, 0.3) is 0 Å². The molecule has 42 valence electrons. The van der Waals surface area contributed by atoms with E-state index >= 15 is 0 Å². The lowest BCUT2D eigenvalue weighted by Gasteiger charge is -1.77. The van der Waals surface area contributed by atoms with Gasteiger partial charge >= 0.3 is 0 Å². The van der Waals surface area contributed by atoms with Gasteiger partial charge in [0, 0.05) is 0 Å². The fourth-order valence-electron chi connectivity index (χ4n) is 0.500. The number of hydrogen-bond donors (Lipinski definition) is 1. The predicted molar refractivity (Wildman–Crippen MR) is 40.5 cm³/mol. The lowest BCUT2D eigenvalue weighted by molar-refractivity contribution is 1.04. The minimum absolute atomic E-state index is 0. The summed E-state index contributed by atoms with van der Waals surface area (Å²) in [6.07, 6.45) is 2.26. The van der Waals surface area contributed by atoms with Crippen LogP contribution in [0.2, 0.25) is 0 Å². The Labute approximate surface area is 51.4 Å². The maximum Gasteiger partial charge on any atom is 0.0641 e. The summed E-state index contributed by atoms with van der Waals surface area (Å²) in [5.74, 6) is 1.18. The molecule has 0 aromatic rings. The summed E-state index contributed by atoms with van der Waals surface area (Å²) in [4.78, 5) is 0. The number of rotatable bonds is 0. The van der Waals surface area contributed by atoms with Crippen molar-refractivity contribution < 1.29 is 0 Å². The van der Waals surface area contributed by atoms with Gasteiger partial charge in [0.05, 0.1) is 5.04 Å². The molecule has 0 aliphatic carbocycles. The Morgan fingerprint density at radius 2 is 2.29 bits per heavy atom. The van der Waals surface area contributed by atoms with Gasteiger partial charge in [0.2, 0.25) is 0 Å². The molecule has 0 aromatic heterocycles. The van der Waals surface area contributed by atoms with Crippen LogP contribution in [0.1, 0.15) is 12.8 Å². The molecule has 3 heteroatoms. The number of nitrogens with one attached hydrogen (secondary N) is 1. The van der Waals surface area contributed by atoms with E-state index in [0.29, 0.717) is 0 Å². The highest BCUT2D eigenvalue weighted by atomic mass is 32.2. The van der Waals surface area contributed by atoms with Gasteiger partial charge in [-0.3, -0.25) is 5.41 Å². The van der Waals surface area contributed by atoms with E-state index in [1.807, 2.05) is 0 Å². The maximum atomic E-state index is 7.01. The zero-order chi connectivity index (χ0) is 4.41. The van der Waals surface area contributed by atoms with E-state index in [1.165, 1.54) is 12.2 Å². The van der Waals surface area contributed by atoms with Crippen molar-refractivity contribution in [2.75, 3.05) is 5.75 Å². The average molecular weight is 135 g/mol. The van der Waals surface area contributed by atoms with Gasteiger partial charge in [0.15, 0.2) is 0 Å². The van der Waals surface area contributed by atoms with Gasteiger partial charge in [-0.15, -0.1) is 11.8 Å². The molecule has 0 saturated carbocycles. The Bertz CT molecular complexity index is 66.1. The molecule has 1 unspecified atom stereocenters. The standard InChI is InChI=1S/C4H7NS.H3P/c5-4-2-1-3-6-4;/h5H,1-3H2;1H3. The topological polar surface area (TPSA) is 23.9 Å². The summed E-state index contributed by atoms with van der Waals surface area (Å²) in [5, 5.41) is 7.88. The minimum Gasteiger partial charge on any atom is -0.298 e. The van der Waals surface area contributed by atoms with Crippen LogP contribution in [-0.2, 0) is 0 Å². The molecule has 1 saturated heterocycles. The van der Waals surface area contributed by atoms with Crippen molar-refractivity contribution in [2.24, 2.45) is 0 Å². The average Bonchev–Trinajstić information content (AvgIpc) is 1.86. The second-order valence-corrected chi connectivity index (χ2v) is 2.56. The lowest BCUT2D eigenvalue weighted by Crippen LogP contribution is -1.73. The Morgan fingerprint density at radius 3 is 2.43 bits per heavy atom. The molecule has 7 heavy (non-hydrogen) atoms. The molecule has 1 atom stereocenters. The molecule has 1 rings (SSSR count). The van der Waals surface area contributed by atoms with Crippen molar-refractivity contribution in [3.05, 3.63) is 0 Å². The molecule has 1 heterocycles. The number of thioether (sulfide) groups is 1. The third-order valence-electron chi connectivity index (χ3n) is 0.824. The quantitative estimate of drug-likeness (QED) is 0.500. The van der Waals surface area contributed by atoms with Crippen molar-refractivity contribution in [1.29, 1.82) is 5.41 Å². The zero-order valence-electron chi connectivity index (χ0n) is 4.24. The van der Waals surface area contributed by atoms with E-state index in [0.717, 1.165) is 11.5 Å². The highest BCUT2D eigenvalue weighted by molar-refractivity contribution is 8.14.